The predicted molar refractivity (Wildman–Crippen MR) is 107 cm³/mol. The molecular weight excluding hydrogens is 350 g/mol. The van der Waals surface area contributed by atoms with Gasteiger partial charge in [0.15, 0.2) is 8.32 Å². The molecule has 1 aromatic rings. The van der Waals surface area contributed by atoms with Crippen LogP contribution in [0.4, 0.5) is 0 Å². The highest BCUT2D eigenvalue weighted by Gasteiger charge is 2.38. The number of benzene rings is 1. The molecule has 1 atom stereocenters. The minimum atomic E-state index is -3.50. The van der Waals surface area contributed by atoms with Gasteiger partial charge < -0.3 is 4.43 Å². The summed E-state index contributed by atoms with van der Waals surface area (Å²) in [4.78, 5) is 0.277. The Morgan fingerprint density at radius 3 is 2.32 bits per heavy atom. The highest BCUT2D eigenvalue weighted by atomic mass is 32.2. The summed E-state index contributed by atoms with van der Waals surface area (Å²) < 4.78 is 33.7. The molecule has 0 aliphatic carbocycles. The molecular formula is C19H31NO3SSi. The molecule has 140 valence electrons. The molecule has 0 aliphatic rings. The molecule has 0 bridgehead atoms. The Morgan fingerprint density at radius 2 is 1.84 bits per heavy atom. The second kappa shape index (κ2) is 8.47. The lowest BCUT2D eigenvalue weighted by molar-refractivity contribution is 0.216. The first-order chi connectivity index (χ1) is 11.4. The van der Waals surface area contributed by atoms with Crippen LogP contribution in [0.1, 0.15) is 32.8 Å². The van der Waals surface area contributed by atoms with Gasteiger partial charge >= 0.3 is 0 Å². The zero-order valence-corrected chi connectivity index (χ0v) is 18.0. The number of nitrogens with one attached hydrogen (secondary N) is 1. The third kappa shape index (κ3) is 6.57. The molecule has 0 fully saturated rings. The molecule has 0 saturated heterocycles. The molecule has 1 unspecified atom stereocenters. The molecule has 1 N–H and O–H groups in total. The van der Waals surface area contributed by atoms with E-state index in [9.17, 15) is 8.42 Å². The van der Waals surface area contributed by atoms with Crippen LogP contribution in [0, 0.1) is 6.92 Å². The average Bonchev–Trinajstić information content (AvgIpc) is 2.46. The predicted octanol–water partition coefficient (Wildman–Crippen LogP) is 4.39. The van der Waals surface area contributed by atoms with Gasteiger partial charge in [-0.25, -0.2) is 13.1 Å². The van der Waals surface area contributed by atoms with Crippen LogP contribution in [0.15, 0.2) is 47.5 Å². The number of rotatable bonds is 8. The average molecular weight is 382 g/mol. The lowest BCUT2D eigenvalue weighted by Crippen LogP contribution is -2.44. The van der Waals surface area contributed by atoms with Crippen molar-refractivity contribution in [2.24, 2.45) is 0 Å². The monoisotopic (exact) mass is 381 g/mol. The molecule has 0 amide bonds. The Morgan fingerprint density at radius 1 is 1.28 bits per heavy atom. The Bertz CT molecular complexity index is 712. The van der Waals surface area contributed by atoms with Crippen LogP contribution in [0.2, 0.25) is 18.1 Å². The SMILES string of the molecule is C=C=CC(CCNS(=O)(=O)c1ccc(C)cc1)O[Si](C)(C)C(C)(C)C. The van der Waals surface area contributed by atoms with Crippen molar-refractivity contribution in [2.45, 2.75) is 63.2 Å². The summed E-state index contributed by atoms with van der Waals surface area (Å²) in [6.45, 7) is 16.7. The molecule has 0 heterocycles. The molecule has 1 rings (SSSR count). The minimum absolute atomic E-state index is 0.0850. The van der Waals surface area contributed by atoms with E-state index in [1.54, 1.807) is 30.3 Å². The van der Waals surface area contributed by atoms with Crippen molar-refractivity contribution in [3.05, 3.63) is 48.2 Å². The Balaban J connectivity index is 2.72. The maximum absolute atomic E-state index is 12.3. The summed E-state index contributed by atoms with van der Waals surface area (Å²) in [6.07, 6.45) is 2.12. The normalized spacial score (nSPS) is 14.0. The van der Waals surface area contributed by atoms with Gasteiger partial charge in [-0.05, 0) is 49.7 Å². The van der Waals surface area contributed by atoms with Crippen LogP contribution < -0.4 is 4.72 Å². The van der Waals surface area contributed by atoms with E-state index in [1.165, 1.54) is 0 Å². The van der Waals surface area contributed by atoms with E-state index in [0.717, 1.165) is 5.56 Å². The van der Waals surface area contributed by atoms with E-state index in [4.69, 9.17) is 4.43 Å². The molecule has 0 radical (unpaired) electrons. The van der Waals surface area contributed by atoms with E-state index in [0.29, 0.717) is 13.0 Å². The van der Waals surface area contributed by atoms with Gasteiger partial charge in [-0.3, -0.25) is 0 Å². The van der Waals surface area contributed by atoms with Crippen molar-refractivity contribution < 1.29 is 12.8 Å². The summed E-state index contributed by atoms with van der Waals surface area (Å²) in [5.74, 6) is 0. The van der Waals surface area contributed by atoms with Crippen LogP contribution in [0.3, 0.4) is 0 Å². The Labute approximate surface area is 154 Å². The highest BCUT2D eigenvalue weighted by Crippen LogP contribution is 2.37. The Hall–Kier alpha value is -1.17. The fourth-order valence-corrected chi connectivity index (χ4v) is 4.34. The van der Waals surface area contributed by atoms with Gasteiger partial charge in [0.1, 0.15) is 0 Å². The fourth-order valence-electron chi connectivity index (χ4n) is 2.00. The molecule has 6 heteroatoms. The number of hydrogen-bond donors (Lipinski definition) is 1. The van der Waals surface area contributed by atoms with Crippen LogP contribution in [-0.4, -0.2) is 29.4 Å². The number of hydrogen-bond acceptors (Lipinski definition) is 3. The van der Waals surface area contributed by atoms with Gasteiger partial charge in [0.2, 0.25) is 10.0 Å². The van der Waals surface area contributed by atoms with E-state index >= 15 is 0 Å². The van der Waals surface area contributed by atoms with Gasteiger partial charge in [-0.2, -0.15) is 0 Å². The van der Waals surface area contributed by atoms with E-state index < -0.39 is 18.3 Å². The topological polar surface area (TPSA) is 55.4 Å². The number of sulfonamides is 1. The molecule has 0 saturated carbocycles. The zero-order valence-electron chi connectivity index (χ0n) is 16.2. The summed E-state index contributed by atoms with van der Waals surface area (Å²) in [6, 6.07) is 6.81. The van der Waals surface area contributed by atoms with Crippen molar-refractivity contribution >= 4 is 18.3 Å². The van der Waals surface area contributed by atoms with Gasteiger partial charge in [0.25, 0.3) is 0 Å². The van der Waals surface area contributed by atoms with Crippen LogP contribution in [-0.2, 0) is 14.4 Å². The molecule has 0 aromatic heterocycles. The zero-order chi connectivity index (χ0) is 19.3. The van der Waals surface area contributed by atoms with Crippen molar-refractivity contribution in [1.29, 1.82) is 0 Å². The maximum atomic E-state index is 12.3. The first-order valence-corrected chi connectivity index (χ1v) is 12.9. The second-order valence-corrected chi connectivity index (χ2v) is 14.3. The third-order valence-electron chi connectivity index (χ3n) is 4.61. The third-order valence-corrected chi connectivity index (χ3v) is 10.6. The first-order valence-electron chi connectivity index (χ1n) is 8.49. The van der Waals surface area contributed by atoms with Crippen LogP contribution >= 0.6 is 0 Å². The smallest absolute Gasteiger partial charge is 0.240 e. The summed E-state index contributed by atoms with van der Waals surface area (Å²) >= 11 is 0. The highest BCUT2D eigenvalue weighted by molar-refractivity contribution is 7.89. The molecule has 0 aliphatic heterocycles. The van der Waals surface area contributed by atoms with E-state index in [1.807, 2.05) is 6.92 Å². The second-order valence-electron chi connectivity index (χ2n) is 7.79. The lowest BCUT2D eigenvalue weighted by Gasteiger charge is -2.38. The minimum Gasteiger partial charge on any atom is -0.410 e. The van der Waals surface area contributed by atoms with Crippen LogP contribution in [0.25, 0.3) is 0 Å². The fraction of sp³-hybridized carbons (Fsp3) is 0.526. The summed E-state index contributed by atoms with van der Waals surface area (Å²) in [5, 5.41) is 0.0850. The molecule has 4 nitrogen and oxygen atoms in total. The largest absolute Gasteiger partial charge is 0.410 e. The maximum Gasteiger partial charge on any atom is 0.240 e. The van der Waals surface area contributed by atoms with E-state index in [-0.39, 0.29) is 16.0 Å². The van der Waals surface area contributed by atoms with Crippen molar-refractivity contribution in [1.82, 2.24) is 4.72 Å². The van der Waals surface area contributed by atoms with Crippen molar-refractivity contribution in [2.75, 3.05) is 6.54 Å². The molecule has 25 heavy (non-hydrogen) atoms. The van der Waals surface area contributed by atoms with Crippen molar-refractivity contribution in [3.63, 3.8) is 0 Å². The van der Waals surface area contributed by atoms with Gasteiger partial charge in [-0.15, -0.1) is 5.73 Å². The van der Waals surface area contributed by atoms with Crippen LogP contribution in [0.5, 0.6) is 0 Å². The van der Waals surface area contributed by atoms with Gasteiger partial charge in [-0.1, -0.05) is 45.0 Å². The van der Waals surface area contributed by atoms with Gasteiger partial charge in [0, 0.05) is 6.54 Å². The molecule has 0 spiro atoms. The van der Waals surface area contributed by atoms with Gasteiger partial charge in [0.05, 0.1) is 11.0 Å². The summed E-state index contributed by atoms with van der Waals surface area (Å²) in [5.41, 5.74) is 3.80. The Kier molecular flexibility index (Phi) is 7.41. The van der Waals surface area contributed by atoms with Crippen molar-refractivity contribution in [3.8, 4) is 0 Å². The quantitative estimate of drug-likeness (QED) is 0.536. The van der Waals surface area contributed by atoms with E-state index in [2.05, 4.69) is 50.9 Å². The molecule has 1 aromatic carbocycles. The lowest BCUT2D eigenvalue weighted by atomic mass is 10.2. The number of aryl methyl sites for hydroxylation is 1. The standard InChI is InChI=1S/C19H31NO3SSi/c1-8-9-17(23-25(6,7)19(3,4)5)14-15-20-24(21,22)18-12-10-16(2)11-13-18/h9-13,17,20H,1,14-15H2,2-7H3. The summed E-state index contributed by atoms with van der Waals surface area (Å²) in [7, 11) is -5.45. The first kappa shape index (κ1) is 21.9.